The molecule has 1 aromatic carbocycles. The van der Waals surface area contributed by atoms with Crippen LogP contribution in [0.2, 0.25) is 5.02 Å². The van der Waals surface area contributed by atoms with Gasteiger partial charge in [0.2, 0.25) is 5.95 Å². The first kappa shape index (κ1) is 17.0. The third-order valence-corrected chi connectivity index (χ3v) is 5.05. The van der Waals surface area contributed by atoms with Gasteiger partial charge in [0.1, 0.15) is 5.69 Å². The molecule has 6 nitrogen and oxygen atoms in total. The summed E-state index contributed by atoms with van der Waals surface area (Å²) in [6.07, 6.45) is 3.94. The van der Waals surface area contributed by atoms with E-state index in [9.17, 15) is 0 Å². The molecule has 134 valence electrons. The number of hydrogen-bond acceptors (Lipinski definition) is 5. The number of aromatic amines is 1. The maximum absolute atomic E-state index is 6.06. The van der Waals surface area contributed by atoms with Gasteiger partial charge in [-0.3, -0.25) is 5.10 Å². The van der Waals surface area contributed by atoms with Gasteiger partial charge in [0, 0.05) is 41.0 Å². The van der Waals surface area contributed by atoms with E-state index in [0.29, 0.717) is 16.9 Å². The molecule has 3 heterocycles. The maximum Gasteiger partial charge on any atom is 0.222 e. The Morgan fingerprint density at radius 2 is 1.88 bits per heavy atom. The summed E-state index contributed by atoms with van der Waals surface area (Å²) >= 11 is 6.06. The van der Waals surface area contributed by atoms with Gasteiger partial charge < -0.3 is 10.6 Å². The molecule has 2 aromatic heterocycles. The van der Waals surface area contributed by atoms with Gasteiger partial charge in [-0.05, 0) is 44.1 Å². The number of rotatable bonds is 4. The van der Waals surface area contributed by atoms with Crippen molar-refractivity contribution in [1.82, 2.24) is 25.5 Å². The fourth-order valence-electron chi connectivity index (χ4n) is 3.46. The number of benzene rings is 1. The second kappa shape index (κ2) is 7.43. The normalized spacial score (nSPS) is 15.2. The van der Waals surface area contributed by atoms with Crippen LogP contribution in [-0.2, 0) is 0 Å². The average molecular weight is 369 g/mol. The zero-order valence-electron chi connectivity index (χ0n) is 14.6. The van der Waals surface area contributed by atoms with Crippen LogP contribution in [0.1, 0.15) is 24.5 Å². The van der Waals surface area contributed by atoms with E-state index >= 15 is 0 Å². The molecule has 0 bridgehead atoms. The summed E-state index contributed by atoms with van der Waals surface area (Å²) in [5, 5.41) is 15.1. The molecule has 4 rings (SSSR count). The summed E-state index contributed by atoms with van der Waals surface area (Å²) in [5.41, 5.74) is 4.99. The number of H-pyrrole nitrogens is 1. The molecule has 0 radical (unpaired) electrons. The number of nitrogens with zero attached hydrogens (tertiary/aromatic N) is 3. The molecule has 7 heteroatoms. The van der Waals surface area contributed by atoms with Crippen molar-refractivity contribution in [2.75, 3.05) is 25.5 Å². The van der Waals surface area contributed by atoms with E-state index in [0.717, 1.165) is 54.1 Å². The Labute approximate surface area is 157 Å². The predicted octanol–water partition coefficient (Wildman–Crippen LogP) is 3.70. The zero-order valence-corrected chi connectivity index (χ0v) is 15.3. The van der Waals surface area contributed by atoms with Gasteiger partial charge in [0.15, 0.2) is 0 Å². The Hall–Kier alpha value is -2.44. The van der Waals surface area contributed by atoms with E-state index in [1.54, 1.807) is 6.20 Å². The summed E-state index contributed by atoms with van der Waals surface area (Å²) in [5.74, 6) is 1.04. The maximum atomic E-state index is 6.06. The van der Waals surface area contributed by atoms with Crippen LogP contribution in [-0.4, -0.2) is 40.3 Å². The summed E-state index contributed by atoms with van der Waals surface area (Å²) < 4.78 is 0. The highest BCUT2D eigenvalue weighted by molar-refractivity contribution is 6.30. The number of halogens is 1. The molecule has 0 saturated carbocycles. The third kappa shape index (κ3) is 3.30. The molecule has 26 heavy (non-hydrogen) atoms. The van der Waals surface area contributed by atoms with Crippen molar-refractivity contribution >= 4 is 17.5 Å². The van der Waals surface area contributed by atoms with Crippen LogP contribution >= 0.6 is 11.6 Å². The van der Waals surface area contributed by atoms with Gasteiger partial charge >= 0.3 is 0 Å². The highest BCUT2D eigenvalue weighted by Gasteiger charge is 2.25. The zero-order chi connectivity index (χ0) is 17.9. The fourth-order valence-corrected chi connectivity index (χ4v) is 3.58. The van der Waals surface area contributed by atoms with E-state index in [1.165, 1.54) is 0 Å². The average Bonchev–Trinajstić information content (AvgIpc) is 3.14. The standard InChI is InChI=1S/C19H21ClN6/c1-21-19-23-11-8-15(24-19)16-17(12-2-4-14(20)5-3-12)25-26-18(16)13-6-9-22-10-7-13/h2-5,8,11,13,22H,6-7,9-10H2,1H3,(H,25,26)(H,21,23,24). The highest BCUT2D eigenvalue weighted by Crippen LogP contribution is 2.38. The van der Waals surface area contributed by atoms with Crippen LogP contribution in [0.25, 0.3) is 22.5 Å². The van der Waals surface area contributed by atoms with Crippen LogP contribution in [0.5, 0.6) is 0 Å². The second-order valence-electron chi connectivity index (χ2n) is 6.41. The first-order valence-corrected chi connectivity index (χ1v) is 9.20. The van der Waals surface area contributed by atoms with Crippen LogP contribution in [0.3, 0.4) is 0 Å². The molecule has 1 saturated heterocycles. The van der Waals surface area contributed by atoms with E-state index in [1.807, 2.05) is 37.4 Å². The molecule has 1 fully saturated rings. The monoisotopic (exact) mass is 368 g/mol. The molecule has 0 spiro atoms. The van der Waals surface area contributed by atoms with Gasteiger partial charge in [-0.25, -0.2) is 9.97 Å². The minimum atomic E-state index is 0.438. The predicted molar refractivity (Wildman–Crippen MR) is 104 cm³/mol. The summed E-state index contributed by atoms with van der Waals surface area (Å²) in [4.78, 5) is 8.91. The van der Waals surface area contributed by atoms with Crippen molar-refractivity contribution in [2.45, 2.75) is 18.8 Å². The minimum Gasteiger partial charge on any atom is -0.357 e. The van der Waals surface area contributed by atoms with E-state index < -0.39 is 0 Å². The molecule has 1 aliphatic heterocycles. The van der Waals surface area contributed by atoms with Crippen LogP contribution < -0.4 is 10.6 Å². The highest BCUT2D eigenvalue weighted by atomic mass is 35.5. The topological polar surface area (TPSA) is 78.5 Å². The lowest BCUT2D eigenvalue weighted by Crippen LogP contribution is -2.27. The molecular weight excluding hydrogens is 348 g/mol. The van der Waals surface area contributed by atoms with Crippen LogP contribution in [0, 0.1) is 0 Å². The molecule has 1 aliphatic rings. The van der Waals surface area contributed by atoms with Crippen molar-refractivity contribution in [3.63, 3.8) is 0 Å². The molecule has 0 unspecified atom stereocenters. The molecule has 0 atom stereocenters. The lowest BCUT2D eigenvalue weighted by Gasteiger charge is -2.22. The quantitative estimate of drug-likeness (QED) is 0.654. The van der Waals surface area contributed by atoms with E-state index in [4.69, 9.17) is 11.6 Å². The number of aromatic nitrogens is 4. The first-order valence-electron chi connectivity index (χ1n) is 8.82. The van der Waals surface area contributed by atoms with Crippen LogP contribution in [0.4, 0.5) is 5.95 Å². The van der Waals surface area contributed by atoms with E-state index in [2.05, 4.69) is 30.8 Å². The third-order valence-electron chi connectivity index (χ3n) is 4.79. The van der Waals surface area contributed by atoms with Gasteiger partial charge in [0.05, 0.1) is 5.69 Å². The van der Waals surface area contributed by atoms with Crippen molar-refractivity contribution in [3.05, 3.63) is 47.2 Å². The summed E-state index contributed by atoms with van der Waals surface area (Å²) in [6.45, 7) is 2.04. The van der Waals surface area contributed by atoms with Crippen LogP contribution in [0.15, 0.2) is 36.5 Å². The lowest BCUT2D eigenvalue weighted by molar-refractivity contribution is 0.453. The largest absolute Gasteiger partial charge is 0.357 e. The van der Waals surface area contributed by atoms with Gasteiger partial charge in [-0.2, -0.15) is 5.10 Å². The molecule has 3 aromatic rings. The molecule has 3 N–H and O–H groups in total. The minimum absolute atomic E-state index is 0.438. The van der Waals surface area contributed by atoms with Gasteiger partial charge in [0.25, 0.3) is 0 Å². The molecule has 0 amide bonds. The number of piperidine rings is 1. The Morgan fingerprint density at radius 3 is 2.62 bits per heavy atom. The fraction of sp³-hybridized carbons (Fsp3) is 0.316. The number of nitrogens with one attached hydrogen (secondary N) is 3. The van der Waals surface area contributed by atoms with E-state index in [-0.39, 0.29) is 0 Å². The second-order valence-corrected chi connectivity index (χ2v) is 6.84. The molecular formula is C19H21ClN6. The van der Waals surface area contributed by atoms with Crippen molar-refractivity contribution in [3.8, 4) is 22.5 Å². The lowest BCUT2D eigenvalue weighted by atomic mass is 9.89. The Balaban J connectivity index is 1.86. The number of anilines is 1. The number of hydrogen-bond donors (Lipinski definition) is 3. The Kier molecular flexibility index (Phi) is 4.86. The SMILES string of the molecule is CNc1nccc(-c2c(-c3ccc(Cl)cc3)n[nH]c2C2CCNCC2)n1. The molecule has 0 aliphatic carbocycles. The Morgan fingerprint density at radius 1 is 1.12 bits per heavy atom. The smallest absolute Gasteiger partial charge is 0.222 e. The van der Waals surface area contributed by atoms with Crippen molar-refractivity contribution in [1.29, 1.82) is 0 Å². The van der Waals surface area contributed by atoms with Crippen molar-refractivity contribution < 1.29 is 0 Å². The van der Waals surface area contributed by atoms with Gasteiger partial charge in [-0.1, -0.05) is 23.7 Å². The van der Waals surface area contributed by atoms with Crippen molar-refractivity contribution in [2.24, 2.45) is 0 Å². The van der Waals surface area contributed by atoms with Gasteiger partial charge in [-0.15, -0.1) is 0 Å². The summed E-state index contributed by atoms with van der Waals surface area (Å²) in [6, 6.07) is 9.70. The first-order chi connectivity index (χ1) is 12.8. The Bertz CT molecular complexity index is 883. The summed E-state index contributed by atoms with van der Waals surface area (Å²) in [7, 11) is 1.82.